The third-order valence-electron chi connectivity index (χ3n) is 1.81. The highest BCUT2D eigenvalue weighted by molar-refractivity contribution is 6.33. The number of rotatable bonds is 4. The maximum atomic E-state index is 11.0. The molecule has 0 spiro atoms. The maximum absolute atomic E-state index is 11.0. The summed E-state index contributed by atoms with van der Waals surface area (Å²) in [6, 6.07) is 4.26. The Morgan fingerprint density at radius 3 is 2.44 bits per heavy atom. The number of ether oxygens (including phenoxy) is 2. The molecule has 0 atom stereocenters. The molecular formula is C11H10O5. The maximum Gasteiger partial charge on any atom is 0.379 e. The molecule has 0 aliphatic carbocycles. The molecule has 0 aromatic heterocycles. The number of aldehydes is 1. The van der Waals surface area contributed by atoms with Gasteiger partial charge in [0.25, 0.3) is 0 Å². The second-order valence-electron chi connectivity index (χ2n) is 2.97. The Balaban J connectivity index is 3.00. The van der Waals surface area contributed by atoms with Gasteiger partial charge in [0.15, 0.2) is 11.5 Å². The number of carbonyl (C=O) groups excluding carboxylic acids is 3. The Hall–Kier alpha value is -2.17. The molecule has 0 fully saturated rings. The van der Waals surface area contributed by atoms with Crippen LogP contribution in [-0.2, 0) is 9.59 Å². The van der Waals surface area contributed by atoms with E-state index in [-0.39, 0.29) is 11.5 Å². The number of methoxy groups -OCH3 is 1. The molecule has 1 aromatic carbocycles. The molecule has 1 aromatic rings. The molecule has 5 heteroatoms. The van der Waals surface area contributed by atoms with Crippen LogP contribution in [-0.4, -0.2) is 25.1 Å². The van der Waals surface area contributed by atoms with Gasteiger partial charge in [0.05, 0.1) is 7.11 Å². The van der Waals surface area contributed by atoms with E-state index in [0.29, 0.717) is 11.8 Å². The first kappa shape index (κ1) is 11.9. The molecule has 1 rings (SSSR count). The van der Waals surface area contributed by atoms with E-state index in [1.807, 2.05) is 0 Å². The fourth-order valence-corrected chi connectivity index (χ4v) is 1.01. The zero-order valence-corrected chi connectivity index (χ0v) is 8.85. The van der Waals surface area contributed by atoms with Crippen LogP contribution in [0.15, 0.2) is 18.2 Å². The molecule has 0 unspecified atom stereocenters. The summed E-state index contributed by atoms with van der Waals surface area (Å²) in [5.74, 6) is -1.36. The van der Waals surface area contributed by atoms with Crippen molar-refractivity contribution in [2.75, 3.05) is 7.11 Å². The summed E-state index contributed by atoms with van der Waals surface area (Å²) in [6.45, 7) is 1.11. The van der Waals surface area contributed by atoms with E-state index in [4.69, 9.17) is 9.47 Å². The van der Waals surface area contributed by atoms with Gasteiger partial charge in [0.2, 0.25) is 5.78 Å². The molecule has 0 aliphatic heterocycles. The first-order valence-corrected chi connectivity index (χ1v) is 4.44. The Morgan fingerprint density at radius 2 is 1.94 bits per heavy atom. The second kappa shape index (κ2) is 5.06. The molecule has 0 radical (unpaired) electrons. The monoisotopic (exact) mass is 222 g/mol. The van der Waals surface area contributed by atoms with Crippen LogP contribution in [0.25, 0.3) is 0 Å². The Morgan fingerprint density at radius 1 is 1.25 bits per heavy atom. The van der Waals surface area contributed by atoms with E-state index in [1.165, 1.54) is 25.3 Å². The van der Waals surface area contributed by atoms with Gasteiger partial charge in [-0.2, -0.15) is 0 Å². The van der Waals surface area contributed by atoms with Crippen molar-refractivity contribution in [1.82, 2.24) is 0 Å². The number of hydrogen-bond acceptors (Lipinski definition) is 5. The summed E-state index contributed by atoms with van der Waals surface area (Å²) in [6.07, 6.45) is 0.638. The van der Waals surface area contributed by atoms with Crippen molar-refractivity contribution in [1.29, 1.82) is 0 Å². The van der Waals surface area contributed by atoms with Crippen molar-refractivity contribution in [3.8, 4) is 11.5 Å². The number of carbonyl (C=O) groups is 3. The Kier molecular flexibility index (Phi) is 3.77. The lowest BCUT2D eigenvalue weighted by atomic mass is 10.2. The van der Waals surface area contributed by atoms with Gasteiger partial charge in [-0.05, 0) is 18.2 Å². The third-order valence-corrected chi connectivity index (χ3v) is 1.81. The predicted molar refractivity (Wildman–Crippen MR) is 54.7 cm³/mol. The van der Waals surface area contributed by atoms with Crippen molar-refractivity contribution in [3.05, 3.63) is 23.8 Å². The number of esters is 1. The van der Waals surface area contributed by atoms with Gasteiger partial charge in [-0.1, -0.05) is 0 Å². The molecule has 16 heavy (non-hydrogen) atoms. The van der Waals surface area contributed by atoms with Gasteiger partial charge in [-0.25, -0.2) is 4.79 Å². The number of ketones is 1. The third kappa shape index (κ3) is 2.66. The highest BCUT2D eigenvalue weighted by Crippen LogP contribution is 2.27. The molecule has 0 aliphatic rings. The average molecular weight is 222 g/mol. The molecule has 84 valence electrons. The van der Waals surface area contributed by atoms with Gasteiger partial charge in [0.1, 0.15) is 6.29 Å². The van der Waals surface area contributed by atoms with E-state index in [0.717, 1.165) is 6.92 Å². The molecule has 0 heterocycles. The van der Waals surface area contributed by atoms with Gasteiger partial charge in [0, 0.05) is 12.5 Å². The summed E-state index contributed by atoms with van der Waals surface area (Å²) >= 11 is 0. The van der Waals surface area contributed by atoms with Gasteiger partial charge in [-0.3, -0.25) is 9.59 Å². The standard InChI is InChI=1S/C11H10O5/c1-7(13)11(14)16-9-4-3-8(6-12)5-10(9)15-2/h3-6H,1-2H3. The summed E-state index contributed by atoms with van der Waals surface area (Å²) in [5.41, 5.74) is 0.388. The lowest BCUT2D eigenvalue weighted by Gasteiger charge is -2.07. The summed E-state index contributed by atoms with van der Waals surface area (Å²) in [7, 11) is 1.37. The van der Waals surface area contributed by atoms with Crippen LogP contribution in [0.4, 0.5) is 0 Å². The minimum absolute atomic E-state index is 0.105. The van der Waals surface area contributed by atoms with Crippen LogP contribution in [0, 0.1) is 0 Å². The predicted octanol–water partition coefficient (Wildman–Crippen LogP) is 1.00. The average Bonchev–Trinajstić information content (AvgIpc) is 2.29. The molecule has 0 amide bonds. The van der Waals surface area contributed by atoms with Crippen molar-refractivity contribution in [2.24, 2.45) is 0 Å². The second-order valence-corrected chi connectivity index (χ2v) is 2.97. The Bertz CT molecular complexity index is 436. The summed E-state index contributed by atoms with van der Waals surface area (Å²) in [5, 5.41) is 0. The first-order valence-electron chi connectivity index (χ1n) is 4.44. The van der Waals surface area contributed by atoms with Crippen LogP contribution in [0.3, 0.4) is 0 Å². The highest BCUT2D eigenvalue weighted by atomic mass is 16.6. The summed E-state index contributed by atoms with van der Waals surface area (Å²) in [4.78, 5) is 32.2. The van der Waals surface area contributed by atoms with Crippen LogP contribution < -0.4 is 9.47 Å². The summed E-state index contributed by atoms with van der Waals surface area (Å²) < 4.78 is 9.69. The zero-order chi connectivity index (χ0) is 12.1. The number of Topliss-reactive ketones (excluding diaryl/α,β-unsaturated/α-hetero) is 1. The first-order chi connectivity index (χ1) is 7.58. The molecule has 0 saturated heterocycles. The van der Waals surface area contributed by atoms with E-state index in [1.54, 1.807) is 0 Å². The number of benzene rings is 1. The van der Waals surface area contributed by atoms with Gasteiger partial charge < -0.3 is 9.47 Å². The normalized spacial score (nSPS) is 9.38. The highest BCUT2D eigenvalue weighted by Gasteiger charge is 2.14. The molecule has 0 bridgehead atoms. The molecule has 0 N–H and O–H groups in total. The molecule has 0 saturated carbocycles. The van der Waals surface area contributed by atoms with E-state index in [2.05, 4.69) is 0 Å². The lowest BCUT2D eigenvalue weighted by molar-refractivity contribution is -0.146. The SMILES string of the molecule is COc1cc(C=O)ccc1OC(=O)C(C)=O. The van der Waals surface area contributed by atoms with E-state index in [9.17, 15) is 14.4 Å². The number of hydrogen-bond donors (Lipinski definition) is 0. The minimum atomic E-state index is -0.975. The van der Waals surface area contributed by atoms with Gasteiger partial charge >= 0.3 is 5.97 Å². The molecular weight excluding hydrogens is 212 g/mol. The van der Waals surface area contributed by atoms with Crippen molar-refractivity contribution in [2.45, 2.75) is 6.92 Å². The lowest BCUT2D eigenvalue weighted by Crippen LogP contribution is -2.17. The van der Waals surface area contributed by atoms with Crippen molar-refractivity contribution < 1.29 is 23.9 Å². The fraction of sp³-hybridized carbons (Fsp3) is 0.182. The van der Waals surface area contributed by atoms with E-state index >= 15 is 0 Å². The molecule has 5 nitrogen and oxygen atoms in total. The van der Waals surface area contributed by atoms with Crippen LogP contribution >= 0.6 is 0 Å². The zero-order valence-electron chi connectivity index (χ0n) is 8.85. The topological polar surface area (TPSA) is 69.7 Å². The van der Waals surface area contributed by atoms with Crippen molar-refractivity contribution in [3.63, 3.8) is 0 Å². The largest absolute Gasteiger partial charge is 0.493 e. The Labute approximate surface area is 92.0 Å². The van der Waals surface area contributed by atoms with E-state index < -0.39 is 11.8 Å². The van der Waals surface area contributed by atoms with Gasteiger partial charge in [-0.15, -0.1) is 0 Å². The minimum Gasteiger partial charge on any atom is -0.493 e. The fourth-order valence-electron chi connectivity index (χ4n) is 1.01. The smallest absolute Gasteiger partial charge is 0.379 e. The van der Waals surface area contributed by atoms with Crippen LogP contribution in [0.5, 0.6) is 11.5 Å². The van der Waals surface area contributed by atoms with Crippen LogP contribution in [0.1, 0.15) is 17.3 Å². The quantitative estimate of drug-likeness (QED) is 0.329. The van der Waals surface area contributed by atoms with Crippen molar-refractivity contribution >= 4 is 18.0 Å². The van der Waals surface area contributed by atoms with Crippen LogP contribution in [0.2, 0.25) is 0 Å².